The quantitative estimate of drug-likeness (QED) is 0.577. The summed E-state index contributed by atoms with van der Waals surface area (Å²) >= 11 is 1.50. The first-order valence-corrected chi connectivity index (χ1v) is 12.0. The number of fused-ring (bicyclic) bond motifs is 1. The van der Waals surface area contributed by atoms with Crippen LogP contribution in [0.4, 0.5) is 0 Å². The van der Waals surface area contributed by atoms with Crippen molar-refractivity contribution in [3.63, 3.8) is 0 Å². The Labute approximate surface area is 191 Å². The van der Waals surface area contributed by atoms with Crippen molar-refractivity contribution in [3.05, 3.63) is 94.4 Å². The van der Waals surface area contributed by atoms with Gasteiger partial charge in [-0.3, -0.25) is 19.1 Å². The number of hydrogen-bond donors (Lipinski definition) is 0. The van der Waals surface area contributed by atoms with E-state index in [0.29, 0.717) is 30.5 Å². The van der Waals surface area contributed by atoms with Gasteiger partial charge in [-0.2, -0.15) is 0 Å². The summed E-state index contributed by atoms with van der Waals surface area (Å²) in [5.74, 6) is 0.640. The average molecular weight is 447 g/mol. The van der Waals surface area contributed by atoms with E-state index in [1.54, 1.807) is 10.8 Å². The van der Waals surface area contributed by atoms with Gasteiger partial charge >= 0.3 is 0 Å². The van der Waals surface area contributed by atoms with Crippen LogP contribution >= 0.6 is 11.8 Å². The molecule has 7 heteroatoms. The van der Waals surface area contributed by atoms with Gasteiger partial charge in [0.25, 0.3) is 5.56 Å². The van der Waals surface area contributed by atoms with Crippen LogP contribution < -0.4 is 5.56 Å². The van der Waals surface area contributed by atoms with Crippen molar-refractivity contribution in [2.75, 3.05) is 31.9 Å². The number of benzene rings is 2. The van der Waals surface area contributed by atoms with Gasteiger partial charge in [0.1, 0.15) is 0 Å². The molecule has 2 aromatic carbocycles. The van der Waals surface area contributed by atoms with Gasteiger partial charge in [-0.15, -0.1) is 0 Å². The molecule has 2 aliphatic heterocycles. The first-order valence-electron chi connectivity index (χ1n) is 11.0. The Kier molecular flexibility index (Phi) is 6.10. The van der Waals surface area contributed by atoms with E-state index >= 15 is 0 Å². The van der Waals surface area contributed by atoms with E-state index in [0.717, 1.165) is 13.1 Å². The van der Waals surface area contributed by atoms with Gasteiger partial charge in [-0.25, -0.2) is 4.98 Å². The van der Waals surface area contributed by atoms with Crippen LogP contribution in [0, 0.1) is 5.92 Å². The number of amides is 1. The molecule has 1 aromatic heterocycles. The summed E-state index contributed by atoms with van der Waals surface area (Å²) in [5.41, 5.74) is 2.45. The number of carbonyl (C=O) groups excluding carboxylic acids is 1. The highest BCUT2D eigenvalue weighted by molar-refractivity contribution is 7.99. The van der Waals surface area contributed by atoms with E-state index in [9.17, 15) is 9.59 Å². The molecule has 0 bridgehead atoms. The maximum absolute atomic E-state index is 13.2. The highest BCUT2D eigenvalue weighted by atomic mass is 32.2. The van der Waals surface area contributed by atoms with Crippen molar-refractivity contribution in [2.45, 2.75) is 17.7 Å². The molecule has 6 nitrogen and oxygen atoms in total. The Morgan fingerprint density at radius 1 is 0.906 bits per heavy atom. The van der Waals surface area contributed by atoms with Crippen LogP contribution in [0.1, 0.15) is 17.2 Å². The van der Waals surface area contributed by atoms with Gasteiger partial charge in [0.05, 0.1) is 12.0 Å². The molecule has 0 spiro atoms. The van der Waals surface area contributed by atoms with Crippen LogP contribution in [0.5, 0.6) is 0 Å². The second-order valence-corrected chi connectivity index (χ2v) is 9.26. The summed E-state index contributed by atoms with van der Waals surface area (Å²) in [5, 5.41) is 0.708. The van der Waals surface area contributed by atoms with Crippen LogP contribution in [0.25, 0.3) is 0 Å². The Morgan fingerprint density at radius 2 is 1.53 bits per heavy atom. The zero-order chi connectivity index (χ0) is 21.9. The predicted molar refractivity (Wildman–Crippen MR) is 126 cm³/mol. The molecule has 2 aliphatic rings. The summed E-state index contributed by atoms with van der Waals surface area (Å²) in [4.78, 5) is 34.1. The standard InChI is InChI=1S/C25H26N4O2S/c30-22-11-12-26-25-29(22)17-21(18-32-25)24(31)28-15-13-27(14-16-28)23(19-7-3-1-4-8-19)20-9-5-2-6-10-20/h1-12,21,23H,13-18H2. The number of aromatic nitrogens is 2. The number of hydrogen-bond acceptors (Lipinski definition) is 5. The molecular weight excluding hydrogens is 420 g/mol. The lowest BCUT2D eigenvalue weighted by atomic mass is 9.96. The number of carbonyl (C=O) groups is 1. The van der Waals surface area contributed by atoms with E-state index < -0.39 is 0 Å². The molecular formula is C25H26N4O2S. The zero-order valence-electron chi connectivity index (χ0n) is 17.8. The molecule has 0 radical (unpaired) electrons. The summed E-state index contributed by atoms with van der Waals surface area (Å²) in [6, 6.07) is 22.8. The largest absolute Gasteiger partial charge is 0.340 e. The smallest absolute Gasteiger partial charge is 0.254 e. The fourth-order valence-electron chi connectivity index (χ4n) is 4.64. The summed E-state index contributed by atoms with van der Waals surface area (Å²) < 4.78 is 1.63. The van der Waals surface area contributed by atoms with Gasteiger partial charge < -0.3 is 4.90 Å². The molecule has 1 atom stereocenters. The van der Waals surface area contributed by atoms with Gasteiger partial charge in [0, 0.05) is 50.7 Å². The highest BCUT2D eigenvalue weighted by Gasteiger charge is 2.33. The van der Waals surface area contributed by atoms with Crippen LogP contribution in [-0.2, 0) is 11.3 Å². The molecule has 3 heterocycles. The minimum atomic E-state index is -0.181. The second-order valence-electron chi connectivity index (χ2n) is 8.27. The molecule has 0 saturated carbocycles. The molecule has 5 rings (SSSR count). The summed E-state index contributed by atoms with van der Waals surface area (Å²) in [6.07, 6.45) is 1.54. The molecule has 1 unspecified atom stereocenters. The molecule has 164 valence electrons. The monoisotopic (exact) mass is 446 g/mol. The molecule has 1 amide bonds. The number of piperazine rings is 1. The third-order valence-electron chi connectivity index (χ3n) is 6.29. The minimum Gasteiger partial charge on any atom is -0.340 e. The van der Waals surface area contributed by atoms with Gasteiger partial charge in [-0.1, -0.05) is 72.4 Å². The maximum atomic E-state index is 13.2. The van der Waals surface area contributed by atoms with Crippen molar-refractivity contribution in [1.82, 2.24) is 19.4 Å². The van der Waals surface area contributed by atoms with Gasteiger partial charge in [0.15, 0.2) is 5.16 Å². The second kappa shape index (κ2) is 9.30. The van der Waals surface area contributed by atoms with Crippen molar-refractivity contribution < 1.29 is 4.79 Å². The van der Waals surface area contributed by atoms with Gasteiger partial charge in [-0.05, 0) is 11.1 Å². The normalized spacial score (nSPS) is 19.0. The summed E-state index contributed by atoms with van der Waals surface area (Å²) in [7, 11) is 0. The fraction of sp³-hybridized carbons (Fsp3) is 0.320. The maximum Gasteiger partial charge on any atom is 0.254 e. The molecule has 32 heavy (non-hydrogen) atoms. The Bertz CT molecular complexity index is 1090. The van der Waals surface area contributed by atoms with Crippen LogP contribution in [0.3, 0.4) is 0 Å². The van der Waals surface area contributed by atoms with Crippen molar-refractivity contribution >= 4 is 17.7 Å². The molecule has 1 saturated heterocycles. The summed E-state index contributed by atoms with van der Waals surface area (Å²) in [6.45, 7) is 3.46. The first kappa shape index (κ1) is 21.0. The van der Waals surface area contributed by atoms with Crippen LogP contribution in [0.2, 0.25) is 0 Å². The zero-order valence-corrected chi connectivity index (χ0v) is 18.7. The number of rotatable bonds is 4. The van der Waals surface area contributed by atoms with E-state index in [2.05, 4.69) is 58.4 Å². The third-order valence-corrected chi connectivity index (χ3v) is 7.44. The fourth-order valence-corrected chi connectivity index (χ4v) is 5.70. The van der Waals surface area contributed by atoms with E-state index in [1.165, 1.54) is 29.0 Å². The predicted octanol–water partition coefficient (Wildman–Crippen LogP) is 2.90. The molecule has 0 N–H and O–H groups in total. The lowest BCUT2D eigenvalue weighted by Crippen LogP contribution is -2.52. The van der Waals surface area contributed by atoms with Crippen molar-refractivity contribution in [3.8, 4) is 0 Å². The average Bonchev–Trinajstić information content (AvgIpc) is 2.86. The number of nitrogens with zero attached hydrogens (tertiary/aromatic N) is 4. The Morgan fingerprint density at radius 3 is 2.16 bits per heavy atom. The molecule has 1 fully saturated rings. The lowest BCUT2D eigenvalue weighted by molar-refractivity contribution is -0.137. The number of thioether (sulfide) groups is 1. The van der Waals surface area contributed by atoms with E-state index in [1.807, 2.05) is 17.0 Å². The SMILES string of the molecule is O=C(C1CSc2nccc(=O)n2C1)N1CCN(C(c2ccccc2)c2ccccc2)CC1. The van der Waals surface area contributed by atoms with Crippen molar-refractivity contribution in [2.24, 2.45) is 5.92 Å². The van der Waals surface area contributed by atoms with Gasteiger partial charge in [0.2, 0.25) is 5.91 Å². The first-order chi connectivity index (χ1) is 15.7. The third kappa shape index (κ3) is 4.23. The lowest BCUT2D eigenvalue weighted by Gasteiger charge is -2.41. The highest BCUT2D eigenvalue weighted by Crippen LogP contribution is 2.30. The topological polar surface area (TPSA) is 58.4 Å². The Balaban J connectivity index is 1.28. The van der Waals surface area contributed by atoms with Crippen LogP contribution in [-0.4, -0.2) is 57.2 Å². The molecule has 3 aromatic rings. The minimum absolute atomic E-state index is 0.0848. The van der Waals surface area contributed by atoms with E-state index in [-0.39, 0.29) is 23.4 Å². The Hall–Kier alpha value is -2.90. The van der Waals surface area contributed by atoms with E-state index in [4.69, 9.17) is 0 Å². The molecule has 0 aliphatic carbocycles. The van der Waals surface area contributed by atoms with Crippen molar-refractivity contribution in [1.29, 1.82) is 0 Å². The van der Waals surface area contributed by atoms with Crippen LogP contribution in [0.15, 0.2) is 82.9 Å².